The van der Waals surface area contributed by atoms with Crippen molar-refractivity contribution in [1.82, 2.24) is 15.1 Å². The molecule has 1 saturated heterocycles. The van der Waals surface area contributed by atoms with Crippen LogP contribution in [0.15, 0.2) is 0 Å². The van der Waals surface area contributed by atoms with Gasteiger partial charge >= 0.3 is 0 Å². The maximum absolute atomic E-state index is 3.39. The first kappa shape index (κ1) is 15.9. The third-order valence-electron chi connectivity index (χ3n) is 4.22. The quantitative estimate of drug-likeness (QED) is 0.671. The van der Waals surface area contributed by atoms with Gasteiger partial charge in [-0.05, 0) is 53.4 Å². The van der Waals surface area contributed by atoms with Crippen LogP contribution in [0.3, 0.4) is 0 Å². The summed E-state index contributed by atoms with van der Waals surface area (Å²) in [6.45, 7) is 14.2. The Labute approximate surface area is 114 Å². The van der Waals surface area contributed by atoms with E-state index in [0.717, 1.165) is 6.54 Å². The van der Waals surface area contributed by atoms with Crippen LogP contribution in [0, 0.1) is 0 Å². The fourth-order valence-corrected chi connectivity index (χ4v) is 2.65. The lowest BCUT2D eigenvalue weighted by Crippen LogP contribution is -2.57. The van der Waals surface area contributed by atoms with Crippen molar-refractivity contribution in [2.24, 2.45) is 0 Å². The van der Waals surface area contributed by atoms with E-state index in [2.05, 4.69) is 42.9 Å². The van der Waals surface area contributed by atoms with Gasteiger partial charge in [0.15, 0.2) is 0 Å². The average molecular weight is 255 g/mol. The number of likely N-dealkylation sites (N-methyl/N-ethyl adjacent to an activating group) is 1. The van der Waals surface area contributed by atoms with Gasteiger partial charge in [0.25, 0.3) is 0 Å². The summed E-state index contributed by atoms with van der Waals surface area (Å²) in [5.74, 6) is 0. The number of nitrogens with one attached hydrogen (secondary N) is 1. The van der Waals surface area contributed by atoms with Crippen molar-refractivity contribution in [2.45, 2.75) is 52.0 Å². The van der Waals surface area contributed by atoms with Crippen molar-refractivity contribution in [3.63, 3.8) is 0 Å². The van der Waals surface area contributed by atoms with Crippen molar-refractivity contribution >= 4 is 0 Å². The molecule has 3 heteroatoms. The number of hydrogen-bond donors (Lipinski definition) is 1. The average Bonchev–Trinajstić information content (AvgIpc) is 2.32. The van der Waals surface area contributed by atoms with E-state index >= 15 is 0 Å². The Bertz CT molecular complexity index is 216. The zero-order valence-electron chi connectivity index (χ0n) is 13.0. The molecule has 1 aliphatic rings. The number of nitrogens with zero attached hydrogens (tertiary/aromatic N) is 2. The van der Waals surface area contributed by atoms with Crippen molar-refractivity contribution < 1.29 is 0 Å². The molecule has 1 heterocycles. The Balaban J connectivity index is 2.03. The van der Waals surface area contributed by atoms with Gasteiger partial charge in [-0.1, -0.05) is 19.8 Å². The summed E-state index contributed by atoms with van der Waals surface area (Å²) >= 11 is 0. The highest BCUT2D eigenvalue weighted by Crippen LogP contribution is 2.19. The third kappa shape index (κ3) is 5.68. The van der Waals surface area contributed by atoms with Crippen molar-refractivity contribution in [2.75, 3.05) is 46.3 Å². The summed E-state index contributed by atoms with van der Waals surface area (Å²) in [7, 11) is 2.25. The Morgan fingerprint density at radius 1 is 1.06 bits per heavy atom. The van der Waals surface area contributed by atoms with Crippen LogP contribution < -0.4 is 5.32 Å². The molecule has 1 rings (SSSR count). The zero-order valence-corrected chi connectivity index (χ0v) is 13.0. The molecule has 3 nitrogen and oxygen atoms in total. The molecule has 1 N–H and O–H groups in total. The van der Waals surface area contributed by atoms with Crippen LogP contribution in [0.2, 0.25) is 0 Å². The van der Waals surface area contributed by atoms with Crippen molar-refractivity contribution in [3.8, 4) is 0 Å². The molecule has 0 aromatic carbocycles. The summed E-state index contributed by atoms with van der Waals surface area (Å²) in [4.78, 5) is 5.13. The lowest BCUT2D eigenvalue weighted by molar-refractivity contribution is 0.0393. The number of piperazine rings is 1. The topological polar surface area (TPSA) is 18.5 Å². The largest absolute Gasteiger partial charge is 0.317 e. The first-order valence-corrected chi connectivity index (χ1v) is 7.70. The molecule has 0 aliphatic carbocycles. The second-order valence-corrected chi connectivity index (χ2v) is 6.28. The van der Waals surface area contributed by atoms with Gasteiger partial charge in [-0.25, -0.2) is 0 Å². The highest BCUT2D eigenvalue weighted by molar-refractivity contribution is 4.87. The van der Waals surface area contributed by atoms with Crippen LogP contribution >= 0.6 is 0 Å². The Kier molecular flexibility index (Phi) is 7.20. The van der Waals surface area contributed by atoms with Gasteiger partial charge < -0.3 is 10.2 Å². The van der Waals surface area contributed by atoms with E-state index in [0.29, 0.717) is 5.54 Å². The van der Waals surface area contributed by atoms with E-state index in [-0.39, 0.29) is 0 Å². The molecular weight excluding hydrogens is 222 g/mol. The van der Waals surface area contributed by atoms with Gasteiger partial charge in [-0.15, -0.1) is 0 Å². The third-order valence-corrected chi connectivity index (χ3v) is 4.22. The summed E-state index contributed by atoms with van der Waals surface area (Å²) in [6.07, 6.45) is 5.47. The lowest BCUT2D eigenvalue weighted by atomic mass is 9.99. The second kappa shape index (κ2) is 8.13. The normalized spacial score (nSPS) is 21.3. The monoisotopic (exact) mass is 255 g/mol. The van der Waals surface area contributed by atoms with Crippen LogP contribution in [0.25, 0.3) is 0 Å². The van der Waals surface area contributed by atoms with Gasteiger partial charge in [0.2, 0.25) is 0 Å². The molecule has 0 radical (unpaired) electrons. The highest BCUT2D eigenvalue weighted by atomic mass is 15.3. The molecule has 0 saturated carbocycles. The van der Waals surface area contributed by atoms with E-state index in [1.165, 1.54) is 58.4 Å². The molecule has 0 unspecified atom stereocenters. The minimum atomic E-state index is 0.350. The molecule has 0 atom stereocenters. The van der Waals surface area contributed by atoms with E-state index in [1.807, 2.05) is 0 Å². The van der Waals surface area contributed by atoms with Crippen LogP contribution in [0.4, 0.5) is 0 Å². The minimum Gasteiger partial charge on any atom is -0.317 e. The maximum Gasteiger partial charge on any atom is 0.0277 e. The summed E-state index contributed by atoms with van der Waals surface area (Å²) < 4.78 is 0. The molecule has 0 amide bonds. The number of hydrogen-bond acceptors (Lipinski definition) is 3. The van der Waals surface area contributed by atoms with Crippen LogP contribution in [0.5, 0.6) is 0 Å². The molecule has 0 bridgehead atoms. The van der Waals surface area contributed by atoms with E-state index < -0.39 is 0 Å². The minimum absolute atomic E-state index is 0.350. The SMILES string of the molecule is CCNCCCCCCN1CCN(C)C(C)(C)C1. The molecule has 0 aromatic heterocycles. The fraction of sp³-hybridized carbons (Fsp3) is 1.00. The van der Waals surface area contributed by atoms with Gasteiger partial charge in [-0.2, -0.15) is 0 Å². The first-order chi connectivity index (χ1) is 8.56. The first-order valence-electron chi connectivity index (χ1n) is 7.70. The summed E-state index contributed by atoms with van der Waals surface area (Å²) in [5.41, 5.74) is 0.350. The molecule has 0 aromatic rings. The van der Waals surface area contributed by atoms with Gasteiger partial charge in [-0.3, -0.25) is 4.90 Å². The highest BCUT2D eigenvalue weighted by Gasteiger charge is 2.30. The number of rotatable bonds is 8. The Morgan fingerprint density at radius 2 is 1.78 bits per heavy atom. The Morgan fingerprint density at radius 3 is 2.44 bits per heavy atom. The van der Waals surface area contributed by atoms with Crippen LogP contribution in [-0.4, -0.2) is 61.7 Å². The van der Waals surface area contributed by atoms with Crippen LogP contribution in [0.1, 0.15) is 46.5 Å². The maximum atomic E-state index is 3.39. The standard InChI is InChI=1S/C15H33N3/c1-5-16-10-8-6-7-9-11-18-13-12-17(4)15(2,3)14-18/h16H,5-14H2,1-4H3. The predicted octanol–water partition coefficient (Wildman–Crippen LogP) is 2.18. The van der Waals surface area contributed by atoms with Gasteiger partial charge in [0.1, 0.15) is 0 Å². The van der Waals surface area contributed by atoms with Crippen molar-refractivity contribution in [3.05, 3.63) is 0 Å². The predicted molar refractivity (Wildman–Crippen MR) is 80.2 cm³/mol. The van der Waals surface area contributed by atoms with E-state index in [1.54, 1.807) is 0 Å². The second-order valence-electron chi connectivity index (χ2n) is 6.28. The molecule has 108 valence electrons. The summed E-state index contributed by atoms with van der Waals surface area (Å²) in [5, 5.41) is 3.39. The van der Waals surface area contributed by atoms with E-state index in [9.17, 15) is 0 Å². The Hall–Kier alpha value is -0.120. The molecule has 0 spiro atoms. The molecule has 1 fully saturated rings. The smallest absolute Gasteiger partial charge is 0.0277 e. The summed E-state index contributed by atoms with van der Waals surface area (Å²) in [6, 6.07) is 0. The lowest BCUT2D eigenvalue weighted by Gasteiger charge is -2.45. The molecular formula is C15H33N3. The molecule has 18 heavy (non-hydrogen) atoms. The van der Waals surface area contributed by atoms with Crippen LogP contribution in [-0.2, 0) is 0 Å². The fourth-order valence-electron chi connectivity index (χ4n) is 2.65. The van der Waals surface area contributed by atoms with Crippen molar-refractivity contribution in [1.29, 1.82) is 0 Å². The van der Waals surface area contributed by atoms with E-state index in [4.69, 9.17) is 0 Å². The van der Waals surface area contributed by atoms with Gasteiger partial charge in [0, 0.05) is 25.2 Å². The number of unbranched alkanes of at least 4 members (excludes halogenated alkanes) is 3. The zero-order chi connectivity index (χ0) is 13.4. The van der Waals surface area contributed by atoms with Gasteiger partial charge in [0.05, 0.1) is 0 Å². The molecule has 1 aliphatic heterocycles.